The quantitative estimate of drug-likeness (QED) is 0.171. The van der Waals surface area contributed by atoms with Crippen molar-refractivity contribution in [3.63, 3.8) is 0 Å². The van der Waals surface area contributed by atoms with Crippen LogP contribution in [0.15, 0.2) is 30.3 Å². The van der Waals surface area contributed by atoms with E-state index in [1.165, 1.54) is 30.1 Å². The van der Waals surface area contributed by atoms with Crippen molar-refractivity contribution in [3.8, 4) is 0 Å². The maximum atomic E-state index is 15.0. The molecule has 11 heteroatoms. The van der Waals surface area contributed by atoms with Crippen LogP contribution in [0, 0.1) is 22.6 Å². The number of benzene rings is 2. The monoisotopic (exact) mass is 561 g/mol. The molecule has 40 heavy (non-hydrogen) atoms. The molecule has 1 unspecified atom stereocenters. The first-order chi connectivity index (χ1) is 18.8. The predicted octanol–water partition coefficient (Wildman–Crippen LogP) is 5.66. The molecule has 7 nitrogen and oxygen atoms in total. The predicted molar refractivity (Wildman–Crippen MR) is 145 cm³/mol. The van der Waals surface area contributed by atoms with Gasteiger partial charge in [0, 0.05) is 42.9 Å². The first-order valence-electron chi connectivity index (χ1n) is 13.3. The number of aliphatic hydroxyl groups is 1. The van der Waals surface area contributed by atoms with Crippen LogP contribution in [0.5, 0.6) is 0 Å². The fraction of sp³-hybridized carbons (Fsp3) is 0.483. The van der Waals surface area contributed by atoms with E-state index in [1.807, 2.05) is 13.8 Å². The van der Waals surface area contributed by atoms with Crippen molar-refractivity contribution in [1.82, 2.24) is 10.2 Å². The Labute approximate surface area is 231 Å². The van der Waals surface area contributed by atoms with Gasteiger partial charge in [-0.25, -0.2) is 4.39 Å². The summed E-state index contributed by atoms with van der Waals surface area (Å²) >= 11 is 0. The second-order valence-corrected chi connectivity index (χ2v) is 11.0. The number of carbonyl (C=O) groups excluding carboxylic acids is 1. The Balaban J connectivity index is 1.73. The van der Waals surface area contributed by atoms with Crippen LogP contribution in [-0.2, 0) is 19.3 Å². The molecular weight excluding hydrogens is 526 g/mol. The molecule has 1 fully saturated rings. The summed E-state index contributed by atoms with van der Waals surface area (Å²) in [6.07, 6.45) is -0.391. The molecule has 4 rings (SSSR count). The average Bonchev–Trinajstić information content (AvgIpc) is 3.23. The number of nitrogens with one attached hydrogen (secondary N) is 3. The Kier molecular flexibility index (Phi) is 8.37. The molecule has 0 spiro atoms. The van der Waals surface area contributed by atoms with Gasteiger partial charge in [0.05, 0.1) is 18.4 Å². The third-order valence-electron chi connectivity index (χ3n) is 8.26. The Bertz CT molecular complexity index is 1300. The van der Waals surface area contributed by atoms with Crippen molar-refractivity contribution in [3.05, 3.63) is 64.0 Å². The SMILES string of the molecule is CCC(CO)[C@H](C(=N)N(C)C=N)c1cc(F)cc(N2Cc3c(cc(CNC4(C)CCC4)cc3C(F)(F)F)C2=O)c1. The molecule has 2 aromatic carbocycles. The molecule has 0 aromatic heterocycles. The topological polar surface area (TPSA) is 104 Å². The lowest BCUT2D eigenvalue weighted by Crippen LogP contribution is -2.47. The highest BCUT2D eigenvalue weighted by molar-refractivity contribution is 6.10. The van der Waals surface area contributed by atoms with Gasteiger partial charge in [-0.05, 0) is 79.1 Å². The van der Waals surface area contributed by atoms with Gasteiger partial charge in [0.1, 0.15) is 11.7 Å². The number of likely N-dealkylation sites (N-methyl/N-ethyl adjacent to an activating group) is 1. The molecule has 1 aliphatic carbocycles. The number of amidine groups is 1. The van der Waals surface area contributed by atoms with Crippen molar-refractivity contribution in [2.45, 2.75) is 70.3 Å². The molecule has 216 valence electrons. The molecule has 1 amide bonds. The summed E-state index contributed by atoms with van der Waals surface area (Å²) in [5.41, 5.74) is -0.533. The lowest BCUT2D eigenvalue weighted by molar-refractivity contribution is -0.138. The zero-order chi connectivity index (χ0) is 29.4. The number of amides is 1. The van der Waals surface area contributed by atoms with Crippen LogP contribution in [0.2, 0.25) is 0 Å². The number of fused-ring (bicyclic) bond motifs is 1. The van der Waals surface area contributed by atoms with Gasteiger partial charge in [0.25, 0.3) is 5.91 Å². The van der Waals surface area contributed by atoms with E-state index in [1.54, 1.807) is 0 Å². The number of halogens is 4. The van der Waals surface area contributed by atoms with Crippen LogP contribution in [0.4, 0.5) is 23.2 Å². The van der Waals surface area contributed by atoms with Gasteiger partial charge in [0.15, 0.2) is 0 Å². The Morgan fingerprint density at radius 2 is 1.95 bits per heavy atom. The number of anilines is 1. The Hall–Kier alpha value is -3.31. The third-order valence-corrected chi connectivity index (χ3v) is 8.26. The molecule has 0 bridgehead atoms. The second kappa shape index (κ2) is 11.3. The summed E-state index contributed by atoms with van der Waals surface area (Å²) in [6.45, 7) is 3.34. The summed E-state index contributed by atoms with van der Waals surface area (Å²) in [5.74, 6) is -2.74. The lowest BCUT2D eigenvalue weighted by Gasteiger charge is -2.39. The van der Waals surface area contributed by atoms with Gasteiger partial charge >= 0.3 is 6.18 Å². The van der Waals surface area contributed by atoms with Gasteiger partial charge in [-0.2, -0.15) is 13.2 Å². The zero-order valence-corrected chi connectivity index (χ0v) is 22.8. The van der Waals surface area contributed by atoms with Gasteiger partial charge in [-0.15, -0.1) is 0 Å². The lowest BCUT2D eigenvalue weighted by atomic mass is 9.78. The molecule has 2 aliphatic rings. The Morgan fingerprint density at radius 3 is 2.50 bits per heavy atom. The van der Waals surface area contributed by atoms with Crippen LogP contribution < -0.4 is 10.2 Å². The van der Waals surface area contributed by atoms with Crippen molar-refractivity contribution in [2.75, 3.05) is 18.6 Å². The summed E-state index contributed by atoms with van der Waals surface area (Å²) in [5, 5.41) is 29.4. The second-order valence-electron chi connectivity index (χ2n) is 11.0. The van der Waals surface area contributed by atoms with E-state index in [4.69, 9.17) is 10.8 Å². The van der Waals surface area contributed by atoms with Crippen molar-refractivity contribution < 1.29 is 27.5 Å². The smallest absolute Gasteiger partial charge is 0.396 e. The summed E-state index contributed by atoms with van der Waals surface area (Å²) in [7, 11) is 1.49. The van der Waals surface area contributed by atoms with Crippen molar-refractivity contribution >= 4 is 23.8 Å². The molecule has 0 radical (unpaired) electrons. The van der Waals surface area contributed by atoms with Crippen molar-refractivity contribution in [1.29, 1.82) is 10.8 Å². The highest BCUT2D eigenvalue weighted by Crippen LogP contribution is 2.41. The number of nitrogens with zero attached hydrogens (tertiary/aromatic N) is 2. The largest absolute Gasteiger partial charge is 0.416 e. The molecular formula is C29H35F4N5O2. The maximum absolute atomic E-state index is 15.0. The zero-order valence-electron chi connectivity index (χ0n) is 22.8. The fourth-order valence-electron chi connectivity index (χ4n) is 5.58. The number of rotatable bonds is 10. The van der Waals surface area contributed by atoms with Crippen LogP contribution in [-0.4, -0.2) is 47.3 Å². The van der Waals surface area contributed by atoms with Crippen LogP contribution in [0.3, 0.4) is 0 Å². The highest BCUT2D eigenvalue weighted by atomic mass is 19.4. The molecule has 1 saturated carbocycles. The minimum absolute atomic E-state index is 0.0554. The van der Waals surface area contributed by atoms with Crippen molar-refractivity contribution in [2.24, 2.45) is 5.92 Å². The van der Waals surface area contributed by atoms with E-state index < -0.39 is 35.3 Å². The van der Waals surface area contributed by atoms with E-state index >= 15 is 0 Å². The van der Waals surface area contributed by atoms with E-state index in [0.29, 0.717) is 12.0 Å². The van der Waals surface area contributed by atoms with Crippen LogP contribution >= 0.6 is 0 Å². The fourth-order valence-corrected chi connectivity index (χ4v) is 5.58. The minimum atomic E-state index is -4.68. The summed E-state index contributed by atoms with van der Waals surface area (Å²) < 4.78 is 57.4. The van der Waals surface area contributed by atoms with E-state index in [-0.39, 0.29) is 53.4 Å². The summed E-state index contributed by atoms with van der Waals surface area (Å²) in [6, 6.07) is 6.33. The molecule has 1 aliphatic heterocycles. The molecule has 1 heterocycles. The maximum Gasteiger partial charge on any atom is 0.416 e. The molecule has 2 atom stereocenters. The Morgan fingerprint density at radius 1 is 1.25 bits per heavy atom. The normalized spacial score (nSPS) is 17.7. The molecule has 4 N–H and O–H groups in total. The van der Waals surface area contributed by atoms with Gasteiger partial charge in [0.2, 0.25) is 0 Å². The average molecular weight is 562 g/mol. The van der Waals surface area contributed by atoms with Gasteiger partial charge < -0.3 is 20.2 Å². The first kappa shape index (κ1) is 29.7. The van der Waals surface area contributed by atoms with Gasteiger partial charge in [-0.1, -0.05) is 13.3 Å². The summed E-state index contributed by atoms with van der Waals surface area (Å²) in [4.78, 5) is 15.9. The van der Waals surface area contributed by atoms with E-state index in [0.717, 1.165) is 42.6 Å². The highest BCUT2D eigenvalue weighted by Gasteiger charge is 2.41. The van der Waals surface area contributed by atoms with Gasteiger partial charge in [-0.3, -0.25) is 15.6 Å². The van der Waals surface area contributed by atoms with Crippen LogP contribution in [0.25, 0.3) is 0 Å². The number of carbonyl (C=O) groups is 1. The number of hydrogen-bond acceptors (Lipinski definition) is 5. The van der Waals surface area contributed by atoms with Crippen LogP contribution in [0.1, 0.15) is 78.1 Å². The first-order valence-corrected chi connectivity index (χ1v) is 13.3. The minimum Gasteiger partial charge on any atom is -0.396 e. The molecule has 2 aromatic rings. The van der Waals surface area contributed by atoms with E-state index in [9.17, 15) is 27.5 Å². The molecule has 0 saturated heterocycles. The number of alkyl halides is 3. The standard InChI is InChI=1S/C29H35F4N5O2/c1-4-18(15-39)25(26(35)37(3)16-34)19-10-20(30)12-21(11-19)38-14-23-22(27(38)40)8-17(9-24(23)29(31,32)33)13-36-28(2)6-5-7-28/h8-12,16,18,25,34-36,39H,4-7,13-15H2,1-3H3/t18?,25-/m0/s1. The third kappa shape index (κ3) is 5.76. The number of aliphatic hydroxyl groups excluding tert-OH is 1. The van der Waals surface area contributed by atoms with E-state index in [2.05, 4.69) is 5.32 Å². The number of hydrogen-bond donors (Lipinski definition) is 4.